The zero-order valence-corrected chi connectivity index (χ0v) is 11.2. The summed E-state index contributed by atoms with van der Waals surface area (Å²) in [6.07, 6.45) is -0.738. The van der Waals surface area contributed by atoms with Gasteiger partial charge in [0, 0.05) is 13.0 Å². The minimum atomic E-state index is -1.11. The van der Waals surface area contributed by atoms with Crippen LogP contribution in [0.5, 0.6) is 0 Å². The first kappa shape index (κ1) is 13.3. The lowest BCUT2D eigenvalue weighted by Gasteiger charge is -2.20. The predicted molar refractivity (Wildman–Crippen MR) is 67.2 cm³/mol. The number of carboxylic acid groups (broad SMARTS) is 1. The van der Waals surface area contributed by atoms with E-state index in [4.69, 9.17) is 16.7 Å². The molecule has 18 heavy (non-hydrogen) atoms. The molecular formula is C11H12ClNO4S. The maximum Gasteiger partial charge on any atom is 0.326 e. The first-order chi connectivity index (χ1) is 8.41. The number of carbonyl (C=O) groups is 2. The number of likely N-dealkylation sites (tertiary alicyclic amines) is 1. The Morgan fingerprint density at radius 3 is 2.72 bits per heavy atom. The smallest absolute Gasteiger partial charge is 0.326 e. The number of aliphatic carboxylic acids is 1. The van der Waals surface area contributed by atoms with Crippen LogP contribution in [-0.2, 0) is 4.79 Å². The van der Waals surface area contributed by atoms with Crippen molar-refractivity contribution in [2.45, 2.75) is 25.5 Å². The number of nitrogens with zero attached hydrogens (tertiary/aromatic N) is 1. The summed E-state index contributed by atoms with van der Waals surface area (Å²) in [5.41, 5.74) is 0.789. The molecule has 2 heterocycles. The number of rotatable bonds is 2. The Balaban J connectivity index is 2.28. The van der Waals surface area contributed by atoms with Gasteiger partial charge in [0.25, 0.3) is 5.91 Å². The van der Waals surface area contributed by atoms with E-state index in [1.807, 2.05) is 0 Å². The van der Waals surface area contributed by atoms with E-state index in [-0.39, 0.29) is 13.0 Å². The molecule has 0 bridgehead atoms. The van der Waals surface area contributed by atoms with Crippen molar-refractivity contribution in [1.29, 1.82) is 0 Å². The molecule has 0 saturated carbocycles. The molecule has 2 rings (SSSR count). The summed E-state index contributed by atoms with van der Waals surface area (Å²) in [6.45, 7) is 1.81. The van der Waals surface area contributed by atoms with Gasteiger partial charge in [0.15, 0.2) is 0 Å². The topological polar surface area (TPSA) is 77.8 Å². The molecule has 0 radical (unpaired) electrons. The van der Waals surface area contributed by atoms with Crippen molar-refractivity contribution in [3.63, 3.8) is 0 Å². The van der Waals surface area contributed by atoms with Gasteiger partial charge in [0.05, 0.1) is 11.1 Å². The molecule has 1 aliphatic heterocycles. The number of amides is 1. The van der Waals surface area contributed by atoms with Crippen LogP contribution in [-0.4, -0.2) is 45.7 Å². The zero-order chi connectivity index (χ0) is 13.4. The first-order valence-electron chi connectivity index (χ1n) is 5.37. The van der Waals surface area contributed by atoms with Gasteiger partial charge in [-0.05, 0) is 17.9 Å². The summed E-state index contributed by atoms with van der Waals surface area (Å²) >= 11 is 7.19. The highest BCUT2D eigenvalue weighted by Crippen LogP contribution is 2.30. The number of β-amino-alcohol motifs (C(OH)–C–C–N with tert-alkyl or cyclic N) is 1. The van der Waals surface area contributed by atoms with Crippen molar-refractivity contribution in [2.75, 3.05) is 6.54 Å². The number of halogens is 1. The Kier molecular flexibility index (Phi) is 3.61. The number of aryl methyl sites for hydroxylation is 1. The minimum Gasteiger partial charge on any atom is -0.480 e. The van der Waals surface area contributed by atoms with E-state index in [1.54, 1.807) is 12.3 Å². The van der Waals surface area contributed by atoms with Crippen molar-refractivity contribution in [1.82, 2.24) is 4.90 Å². The lowest BCUT2D eigenvalue weighted by molar-refractivity contribution is -0.141. The summed E-state index contributed by atoms with van der Waals surface area (Å²) < 4.78 is 0. The number of hydrogen-bond acceptors (Lipinski definition) is 4. The van der Waals surface area contributed by atoms with Gasteiger partial charge in [-0.1, -0.05) is 11.6 Å². The van der Waals surface area contributed by atoms with Gasteiger partial charge in [0.2, 0.25) is 0 Å². The van der Waals surface area contributed by atoms with Gasteiger partial charge in [-0.3, -0.25) is 4.79 Å². The molecule has 0 aliphatic carbocycles. The quantitative estimate of drug-likeness (QED) is 0.862. The van der Waals surface area contributed by atoms with Crippen LogP contribution in [0.15, 0.2) is 5.38 Å². The van der Waals surface area contributed by atoms with Gasteiger partial charge in [0.1, 0.15) is 10.9 Å². The zero-order valence-electron chi connectivity index (χ0n) is 9.59. The Bertz CT molecular complexity index is 501. The third-order valence-corrected chi connectivity index (χ3v) is 4.60. The Morgan fingerprint density at radius 1 is 1.56 bits per heavy atom. The van der Waals surface area contributed by atoms with E-state index >= 15 is 0 Å². The second-order valence-electron chi connectivity index (χ2n) is 4.26. The van der Waals surface area contributed by atoms with E-state index < -0.39 is 24.0 Å². The lowest BCUT2D eigenvalue weighted by Crippen LogP contribution is -2.40. The van der Waals surface area contributed by atoms with Gasteiger partial charge in [-0.25, -0.2) is 4.79 Å². The SMILES string of the molecule is Cc1csc(C(=O)N2C[C@H](O)C[C@H]2C(=O)O)c1Cl. The summed E-state index contributed by atoms with van der Waals surface area (Å²) in [5, 5.41) is 20.6. The average molecular weight is 290 g/mol. The predicted octanol–water partition coefficient (Wildman–Crippen LogP) is 1.37. The minimum absolute atomic E-state index is 0.0308. The number of aliphatic hydroxyl groups excluding tert-OH is 1. The van der Waals surface area contributed by atoms with Crippen LogP contribution in [0.25, 0.3) is 0 Å². The highest BCUT2D eigenvalue weighted by atomic mass is 35.5. The molecule has 7 heteroatoms. The molecule has 1 amide bonds. The Labute approximate surface area is 113 Å². The normalized spacial score (nSPS) is 23.4. The van der Waals surface area contributed by atoms with Crippen molar-refractivity contribution in [3.05, 3.63) is 20.8 Å². The maximum absolute atomic E-state index is 12.2. The summed E-state index contributed by atoms with van der Waals surface area (Å²) in [5.74, 6) is -1.54. The van der Waals surface area contributed by atoms with Gasteiger partial charge in [-0.2, -0.15) is 0 Å². The molecule has 1 saturated heterocycles. The van der Waals surface area contributed by atoms with Crippen molar-refractivity contribution in [2.24, 2.45) is 0 Å². The van der Waals surface area contributed by atoms with Crippen LogP contribution in [0.3, 0.4) is 0 Å². The molecule has 1 fully saturated rings. The molecule has 2 N–H and O–H groups in total. The molecule has 0 spiro atoms. The van der Waals surface area contributed by atoms with Gasteiger partial charge in [-0.15, -0.1) is 11.3 Å². The van der Waals surface area contributed by atoms with E-state index in [9.17, 15) is 14.7 Å². The monoisotopic (exact) mass is 289 g/mol. The number of hydrogen-bond donors (Lipinski definition) is 2. The molecule has 1 aromatic heterocycles. The van der Waals surface area contributed by atoms with Gasteiger partial charge >= 0.3 is 5.97 Å². The van der Waals surface area contributed by atoms with Crippen molar-refractivity contribution in [3.8, 4) is 0 Å². The number of carbonyl (C=O) groups excluding carboxylic acids is 1. The van der Waals surface area contributed by atoms with Crippen LogP contribution < -0.4 is 0 Å². The molecule has 0 unspecified atom stereocenters. The van der Waals surface area contributed by atoms with Crippen molar-refractivity contribution < 1.29 is 19.8 Å². The Morgan fingerprint density at radius 2 is 2.22 bits per heavy atom. The fourth-order valence-electron chi connectivity index (χ4n) is 1.98. The second-order valence-corrected chi connectivity index (χ2v) is 5.52. The fourth-order valence-corrected chi connectivity index (χ4v) is 3.21. The standard InChI is InChI=1S/C11H12ClNO4S/c1-5-4-18-9(8(5)12)10(15)13-3-6(14)2-7(13)11(16)17/h4,6-7,14H,2-3H2,1H3,(H,16,17)/t6-,7+/m1/s1. The molecule has 1 aliphatic rings. The van der Waals surface area contributed by atoms with E-state index in [0.29, 0.717) is 9.90 Å². The van der Waals surface area contributed by atoms with Crippen LogP contribution >= 0.6 is 22.9 Å². The van der Waals surface area contributed by atoms with E-state index in [0.717, 1.165) is 5.56 Å². The lowest BCUT2D eigenvalue weighted by atomic mass is 10.2. The van der Waals surface area contributed by atoms with E-state index in [1.165, 1.54) is 16.2 Å². The summed E-state index contributed by atoms with van der Waals surface area (Å²) in [7, 11) is 0. The second kappa shape index (κ2) is 4.87. The van der Waals surface area contributed by atoms with E-state index in [2.05, 4.69) is 0 Å². The average Bonchev–Trinajstić information content (AvgIpc) is 2.84. The highest BCUT2D eigenvalue weighted by molar-refractivity contribution is 7.13. The molecule has 2 atom stereocenters. The third-order valence-electron chi connectivity index (χ3n) is 2.92. The van der Waals surface area contributed by atoms with Crippen LogP contribution in [0, 0.1) is 6.92 Å². The van der Waals surface area contributed by atoms with Crippen molar-refractivity contribution >= 4 is 34.8 Å². The molecule has 1 aromatic rings. The Hall–Kier alpha value is -1.11. The number of thiophene rings is 1. The molecule has 5 nitrogen and oxygen atoms in total. The third kappa shape index (κ3) is 2.23. The van der Waals surface area contributed by atoms with Crippen LogP contribution in [0.1, 0.15) is 21.7 Å². The number of carboxylic acids is 1. The molecular weight excluding hydrogens is 278 g/mol. The summed E-state index contributed by atoms with van der Waals surface area (Å²) in [6, 6.07) is -0.981. The summed E-state index contributed by atoms with van der Waals surface area (Å²) in [4.78, 5) is 24.8. The largest absolute Gasteiger partial charge is 0.480 e. The number of aliphatic hydroxyl groups is 1. The molecule has 98 valence electrons. The maximum atomic E-state index is 12.2. The van der Waals surface area contributed by atoms with Crippen LogP contribution in [0.2, 0.25) is 5.02 Å². The molecule has 0 aromatic carbocycles. The fraction of sp³-hybridized carbons (Fsp3) is 0.455. The van der Waals surface area contributed by atoms with Crippen LogP contribution in [0.4, 0.5) is 0 Å². The van der Waals surface area contributed by atoms with Gasteiger partial charge < -0.3 is 15.1 Å². The first-order valence-corrected chi connectivity index (χ1v) is 6.63. The highest BCUT2D eigenvalue weighted by Gasteiger charge is 2.40.